The SMILES string of the molecule is CCCc1c(C(=O)N2CCC(N)CC2)nnn1-c1cccc(Cl)c1.Cl. The van der Waals surface area contributed by atoms with Gasteiger partial charge in [-0.2, -0.15) is 0 Å². The van der Waals surface area contributed by atoms with Crippen molar-refractivity contribution < 1.29 is 4.79 Å². The fourth-order valence-corrected chi connectivity index (χ4v) is 3.18. The van der Waals surface area contributed by atoms with Crippen LogP contribution in [-0.4, -0.2) is 44.9 Å². The topological polar surface area (TPSA) is 77.0 Å². The fourth-order valence-electron chi connectivity index (χ4n) is 3.00. The molecule has 25 heavy (non-hydrogen) atoms. The predicted molar refractivity (Wildman–Crippen MR) is 101 cm³/mol. The van der Waals surface area contributed by atoms with Gasteiger partial charge in [0.15, 0.2) is 5.69 Å². The van der Waals surface area contributed by atoms with Gasteiger partial charge in [0.2, 0.25) is 0 Å². The first-order valence-electron chi connectivity index (χ1n) is 8.35. The van der Waals surface area contributed by atoms with Crippen molar-refractivity contribution in [1.29, 1.82) is 0 Å². The third kappa shape index (κ3) is 4.32. The Bertz CT molecular complexity index is 726. The van der Waals surface area contributed by atoms with Gasteiger partial charge in [0.1, 0.15) is 0 Å². The van der Waals surface area contributed by atoms with Crippen LogP contribution in [-0.2, 0) is 6.42 Å². The van der Waals surface area contributed by atoms with E-state index < -0.39 is 0 Å². The highest BCUT2D eigenvalue weighted by atomic mass is 35.5. The quantitative estimate of drug-likeness (QED) is 0.880. The van der Waals surface area contributed by atoms with Crippen molar-refractivity contribution in [2.24, 2.45) is 5.73 Å². The van der Waals surface area contributed by atoms with Gasteiger partial charge in [0.05, 0.1) is 11.4 Å². The summed E-state index contributed by atoms with van der Waals surface area (Å²) >= 11 is 6.08. The molecule has 2 aromatic rings. The maximum absolute atomic E-state index is 12.9. The number of hydrogen-bond acceptors (Lipinski definition) is 4. The summed E-state index contributed by atoms with van der Waals surface area (Å²) in [5, 5.41) is 9.02. The molecule has 0 aliphatic carbocycles. The highest BCUT2D eigenvalue weighted by Gasteiger charge is 2.27. The number of aromatic nitrogens is 3. The maximum atomic E-state index is 12.9. The molecule has 1 aromatic heterocycles. The largest absolute Gasteiger partial charge is 0.337 e. The lowest BCUT2D eigenvalue weighted by molar-refractivity contribution is 0.0707. The van der Waals surface area contributed by atoms with E-state index in [0.29, 0.717) is 23.8 Å². The Balaban J connectivity index is 0.00000225. The van der Waals surface area contributed by atoms with Crippen molar-refractivity contribution in [3.63, 3.8) is 0 Å². The Labute approximate surface area is 158 Å². The van der Waals surface area contributed by atoms with Crippen LogP contribution in [0.1, 0.15) is 42.4 Å². The number of benzene rings is 1. The standard InChI is InChI=1S/C17H22ClN5O.ClH/c1-2-4-15-16(17(24)22-9-7-13(19)8-10-22)20-21-23(15)14-6-3-5-12(18)11-14;/h3,5-6,11,13H,2,4,7-10,19H2,1H3;1H. The lowest BCUT2D eigenvalue weighted by Gasteiger charge is -2.29. The van der Waals surface area contributed by atoms with E-state index in [1.165, 1.54) is 0 Å². The van der Waals surface area contributed by atoms with Crippen LogP contribution in [0.3, 0.4) is 0 Å². The van der Waals surface area contributed by atoms with E-state index in [1.54, 1.807) is 4.68 Å². The number of halogens is 2. The van der Waals surface area contributed by atoms with E-state index >= 15 is 0 Å². The second kappa shape index (κ2) is 8.65. The molecule has 1 amide bonds. The molecular formula is C17H23Cl2N5O. The molecule has 6 nitrogen and oxygen atoms in total. The van der Waals surface area contributed by atoms with Gasteiger partial charge in [-0.25, -0.2) is 4.68 Å². The monoisotopic (exact) mass is 383 g/mol. The summed E-state index contributed by atoms with van der Waals surface area (Å²) in [5.41, 5.74) is 8.01. The molecule has 1 aromatic carbocycles. The van der Waals surface area contributed by atoms with Crippen molar-refractivity contribution in [2.45, 2.75) is 38.6 Å². The number of nitrogens with zero attached hydrogens (tertiary/aromatic N) is 4. The molecular weight excluding hydrogens is 361 g/mol. The van der Waals surface area contributed by atoms with E-state index in [9.17, 15) is 4.79 Å². The average Bonchev–Trinajstić information content (AvgIpc) is 2.99. The minimum atomic E-state index is -0.0568. The van der Waals surface area contributed by atoms with E-state index in [1.807, 2.05) is 29.2 Å². The Hall–Kier alpha value is -1.63. The highest BCUT2D eigenvalue weighted by molar-refractivity contribution is 6.30. The molecule has 1 saturated heterocycles. The zero-order valence-electron chi connectivity index (χ0n) is 14.2. The number of piperidine rings is 1. The third-order valence-corrected chi connectivity index (χ3v) is 4.57. The molecule has 2 heterocycles. The normalized spacial score (nSPS) is 15.1. The second-order valence-corrected chi connectivity index (χ2v) is 6.59. The number of carbonyl (C=O) groups is 1. The maximum Gasteiger partial charge on any atom is 0.276 e. The fraction of sp³-hybridized carbons (Fsp3) is 0.471. The lowest BCUT2D eigenvalue weighted by Crippen LogP contribution is -2.43. The van der Waals surface area contributed by atoms with E-state index in [2.05, 4.69) is 17.2 Å². The molecule has 0 unspecified atom stereocenters. The van der Waals surface area contributed by atoms with Gasteiger partial charge < -0.3 is 10.6 Å². The molecule has 8 heteroatoms. The number of rotatable bonds is 4. The molecule has 1 aliphatic rings. The van der Waals surface area contributed by atoms with E-state index in [0.717, 1.165) is 37.1 Å². The van der Waals surface area contributed by atoms with Crippen LogP contribution >= 0.6 is 24.0 Å². The molecule has 1 aliphatic heterocycles. The number of amides is 1. The van der Waals surface area contributed by atoms with Crippen LogP contribution < -0.4 is 5.73 Å². The summed E-state index contributed by atoms with van der Waals surface area (Å²) in [7, 11) is 0. The zero-order valence-corrected chi connectivity index (χ0v) is 15.8. The van der Waals surface area contributed by atoms with Crippen molar-refractivity contribution in [2.75, 3.05) is 13.1 Å². The van der Waals surface area contributed by atoms with Gasteiger partial charge in [-0.3, -0.25) is 4.79 Å². The summed E-state index contributed by atoms with van der Waals surface area (Å²) in [6.07, 6.45) is 3.29. The second-order valence-electron chi connectivity index (χ2n) is 6.16. The first-order valence-corrected chi connectivity index (χ1v) is 8.73. The van der Waals surface area contributed by atoms with Crippen molar-refractivity contribution >= 4 is 29.9 Å². The van der Waals surface area contributed by atoms with Crippen molar-refractivity contribution in [3.8, 4) is 5.69 Å². The summed E-state index contributed by atoms with van der Waals surface area (Å²) in [6, 6.07) is 7.59. The number of nitrogens with two attached hydrogens (primary N) is 1. The molecule has 0 atom stereocenters. The molecule has 2 N–H and O–H groups in total. The van der Waals surface area contributed by atoms with E-state index in [4.69, 9.17) is 17.3 Å². The molecule has 1 fully saturated rings. The average molecular weight is 384 g/mol. The van der Waals surface area contributed by atoms with Crippen molar-refractivity contribution in [1.82, 2.24) is 19.9 Å². The molecule has 0 saturated carbocycles. The number of carbonyl (C=O) groups excluding carboxylic acids is 1. The van der Waals surface area contributed by atoms with Crippen LogP contribution in [0.25, 0.3) is 5.69 Å². The highest BCUT2D eigenvalue weighted by Crippen LogP contribution is 2.20. The lowest BCUT2D eigenvalue weighted by atomic mass is 10.1. The zero-order chi connectivity index (χ0) is 17.1. The van der Waals surface area contributed by atoms with Crippen molar-refractivity contribution in [3.05, 3.63) is 40.7 Å². The minimum absolute atomic E-state index is 0. The van der Waals surface area contributed by atoms with E-state index in [-0.39, 0.29) is 24.4 Å². The molecule has 3 rings (SSSR count). The summed E-state index contributed by atoms with van der Waals surface area (Å²) < 4.78 is 1.72. The third-order valence-electron chi connectivity index (χ3n) is 4.33. The Morgan fingerprint density at radius 3 is 2.72 bits per heavy atom. The van der Waals surface area contributed by atoms with Crippen LogP contribution in [0.2, 0.25) is 5.02 Å². The molecule has 0 bridgehead atoms. The predicted octanol–water partition coefficient (Wildman–Crippen LogP) is 2.86. The minimum Gasteiger partial charge on any atom is -0.337 e. The van der Waals surface area contributed by atoms with Gasteiger partial charge >= 0.3 is 0 Å². The van der Waals surface area contributed by atoms with Gasteiger partial charge in [0, 0.05) is 24.2 Å². The summed E-state index contributed by atoms with van der Waals surface area (Å²) in [6.45, 7) is 3.43. The van der Waals surface area contributed by atoms with Crippen LogP contribution in [0.5, 0.6) is 0 Å². The summed E-state index contributed by atoms with van der Waals surface area (Å²) in [5.74, 6) is -0.0568. The number of likely N-dealkylation sites (tertiary alicyclic amines) is 1. The Kier molecular flexibility index (Phi) is 6.81. The molecule has 0 radical (unpaired) electrons. The van der Waals surface area contributed by atoms with Crippen LogP contribution in [0, 0.1) is 0 Å². The first-order chi connectivity index (χ1) is 11.6. The van der Waals surface area contributed by atoms with Gasteiger partial charge in [-0.15, -0.1) is 17.5 Å². The molecule has 136 valence electrons. The Morgan fingerprint density at radius 2 is 2.08 bits per heavy atom. The van der Waals surface area contributed by atoms with Gasteiger partial charge in [-0.1, -0.05) is 36.2 Å². The van der Waals surface area contributed by atoms with Crippen LogP contribution in [0.4, 0.5) is 0 Å². The van der Waals surface area contributed by atoms with Gasteiger partial charge in [0.25, 0.3) is 5.91 Å². The van der Waals surface area contributed by atoms with Gasteiger partial charge in [-0.05, 0) is 37.5 Å². The van der Waals surface area contributed by atoms with Crippen LogP contribution in [0.15, 0.2) is 24.3 Å². The smallest absolute Gasteiger partial charge is 0.276 e. The summed E-state index contributed by atoms with van der Waals surface area (Å²) in [4.78, 5) is 14.7. The number of hydrogen-bond donors (Lipinski definition) is 1. The first kappa shape index (κ1) is 19.7. The Morgan fingerprint density at radius 1 is 1.36 bits per heavy atom. The molecule has 0 spiro atoms.